The molecule has 19 heavy (non-hydrogen) atoms. The summed E-state index contributed by atoms with van der Waals surface area (Å²) in [7, 11) is 0. The molecule has 0 atom stereocenters. The van der Waals surface area contributed by atoms with Gasteiger partial charge in [-0.2, -0.15) is 0 Å². The van der Waals surface area contributed by atoms with Gasteiger partial charge in [-0.05, 0) is 51.7 Å². The molecule has 0 spiro atoms. The number of benzene rings is 1. The highest BCUT2D eigenvalue weighted by atomic mass is 16.4. The van der Waals surface area contributed by atoms with Crippen LogP contribution in [0.4, 0.5) is 0 Å². The van der Waals surface area contributed by atoms with Gasteiger partial charge in [-0.15, -0.1) is 0 Å². The van der Waals surface area contributed by atoms with E-state index in [1.165, 1.54) is 11.1 Å². The number of carboxylic acid groups (broad SMARTS) is 1. The molecule has 0 aliphatic heterocycles. The number of hydrogen-bond acceptors (Lipinski definition) is 1. The van der Waals surface area contributed by atoms with Gasteiger partial charge in [0.05, 0.1) is 5.56 Å². The maximum Gasteiger partial charge on any atom is 0.335 e. The maximum absolute atomic E-state index is 11.1. The van der Waals surface area contributed by atoms with Gasteiger partial charge in [-0.3, -0.25) is 0 Å². The molecule has 1 aromatic rings. The Hall–Kier alpha value is -1.83. The summed E-state index contributed by atoms with van der Waals surface area (Å²) in [5.41, 5.74) is 3.91. The van der Waals surface area contributed by atoms with Crippen LogP contribution in [0.1, 0.15) is 49.5 Å². The molecule has 0 aromatic heterocycles. The largest absolute Gasteiger partial charge is 0.478 e. The fourth-order valence-electron chi connectivity index (χ4n) is 1.88. The lowest BCUT2D eigenvalue weighted by molar-refractivity contribution is 0.0696. The van der Waals surface area contributed by atoms with Crippen LogP contribution in [0.2, 0.25) is 0 Å². The van der Waals surface area contributed by atoms with Gasteiger partial charge in [0.15, 0.2) is 0 Å². The third kappa shape index (κ3) is 5.56. The van der Waals surface area contributed by atoms with Gasteiger partial charge < -0.3 is 5.11 Å². The lowest BCUT2D eigenvalue weighted by Crippen LogP contribution is -2.01. The predicted molar refractivity (Wildman–Crippen MR) is 79.5 cm³/mol. The summed E-state index contributed by atoms with van der Waals surface area (Å²) in [5.74, 6) is -0.855. The second-order valence-electron chi connectivity index (χ2n) is 5.04. The molecule has 102 valence electrons. The monoisotopic (exact) mass is 258 g/mol. The van der Waals surface area contributed by atoms with E-state index in [0.29, 0.717) is 12.0 Å². The van der Waals surface area contributed by atoms with Crippen LogP contribution >= 0.6 is 0 Å². The van der Waals surface area contributed by atoms with Crippen LogP contribution in [-0.4, -0.2) is 11.1 Å². The minimum atomic E-state index is -0.855. The SMILES string of the molecule is CC(C)=CCC/C(C)=C/Cc1ccccc1C(=O)O. The van der Waals surface area contributed by atoms with Gasteiger partial charge >= 0.3 is 5.97 Å². The lowest BCUT2D eigenvalue weighted by Gasteiger charge is -2.04. The van der Waals surface area contributed by atoms with Crippen molar-refractivity contribution in [1.29, 1.82) is 0 Å². The fraction of sp³-hybridized carbons (Fsp3) is 0.353. The zero-order chi connectivity index (χ0) is 14.3. The molecule has 1 N–H and O–H groups in total. The van der Waals surface area contributed by atoms with Crippen molar-refractivity contribution in [2.45, 2.75) is 40.0 Å². The molecule has 0 radical (unpaired) electrons. The van der Waals surface area contributed by atoms with Gasteiger partial charge in [-0.25, -0.2) is 4.79 Å². The quantitative estimate of drug-likeness (QED) is 0.756. The minimum Gasteiger partial charge on any atom is -0.478 e. The highest BCUT2D eigenvalue weighted by Crippen LogP contribution is 2.13. The number of aromatic carboxylic acids is 1. The molecule has 0 saturated carbocycles. The second-order valence-corrected chi connectivity index (χ2v) is 5.04. The molecule has 0 bridgehead atoms. The number of carboxylic acids is 1. The zero-order valence-corrected chi connectivity index (χ0v) is 11.9. The minimum absolute atomic E-state index is 0.399. The zero-order valence-electron chi connectivity index (χ0n) is 11.9. The van der Waals surface area contributed by atoms with E-state index < -0.39 is 5.97 Å². The van der Waals surface area contributed by atoms with Crippen LogP contribution in [0, 0.1) is 0 Å². The molecule has 0 heterocycles. The summed E-state index contributed by atoms with van der Waals surface area (Å²) >= 11 is 0. The van der Waals surface area contributed by atoms with E-state index in [2.05, 4.69) is 32.9 Å². The summed E-state index contributed by atoms with van der Waals surface area (Å²) in [6.45, 7) is 6.30. The van der Waals surface area contributed by atoms with Gasteiger partial charge in [0, 0.05) is 0 Å². The van der Waals surface area contributed by atoms with Crippen LogP contribution in [0.15, 0.2) is 47.6 Å². The first-order valence-corrected chi connectivity index (χ1v) is 6.61. The Morgan fingerprint density at radius 2 is 1.84 bits per heavy atom. The van der Waals surface area contributed by atoms with Crippen molar-refractivity contribution in [2.75, 3.05) is 0 Å². The highest BCUT2D eigenvalue weighted by Gasteiger charge is 2.07. The molecule has 2 heteroatoms. The van der Waals surface area contributed by atoms with Crippen LogP contribution < -0.4 is 0 Å². The van der Waals surface area contributed by atoms with E-state index in [1.54, 1.807) is 12.1 Å². The molecule has 0 unspecified atom stereocenters. The Labute approximate surface area is 115 Å². The summed E-state index contributed by atoms with van der Waals surface area (Å²) in [6, 6.07) is 7.18. The maximum atomic E-state index is 11.1. The van der Waals surface area contributed by atoms with E-state index in [-0.39, 0.29) is 0 Å². The first kappa shape index (κ1) is 15.2. The Balaban J connectivity index is 2.65. The van der Waals surface area contributed by atoms with Gasteiger partial charge in [0.25, 0.3) is 0 Å². The van der Waals surface area contributed by atoms with Crippen molar-refractivity contribution in [3.05, 3.63) is 58.7 Å². The van der Waals surface area contributed by atoms with E-state index in [1.807, 2.05) is 12.1 Å². The normalized spacial score (nSPS) is 11.2. The molecule has 0 aliphatic rings. The van der Waals surface area contributed by atoms with Crippen molar-refractivity contribution >= 4 is 5.97 Å². The summed E-state index contributed by atoms with van der Waals surface area (Å²) in [6.07, 6.45) is 7.11. The number of rotatable bonds is 6. The smallest absolute Gasteiger partial charge is 0.335 e. The van der Waals surface area contributed by atoms with E-state index in [4.69, 9.17) is 5.11 Å². The summed E-state index contributed by atoms with van der Waals surface area (Å²) in [5, 5.41) is 9.10. The number of allylic oxidation sites excluding steroid dienone is 4. The third-order valence-corrected chi connectivity index (χ3v) is 3.01. The van der Waals surface area contributed by atoms with E-state index in [0.717, 1.165) is 18.4 Å². The molecule has 1 aromatic carbocycles. The lowest BCUT2D eigenvalue weighted by atomic mass is 10.0. The van der Waals surface area contributed by atoms with Gasteiger partial charge in [0.1, 0.15) is 0 Å². The van der Waals surface area contributed by atoms with Crippen LogP contribution in [0.3, 0.4) is 0 Å². The Kier molecular flexibility index (Phi) is 6.07. The summed E-state index contributed by atoms with van der Waals surface area (Å²) < 4.78 is 0. The molecule has 0 aliphatic carbocycles. The van der Waals surface area contributed by atoms with E-state index in [9.17, 15) is 4.79 Å². The molecule has 2 nitrogen and oxygen atoms in total. The second kappa shape index (κ2) is 7.57. The van der Waals surface area contributed by atoms with Crippen LogP contribution in [0.25, 0.3) is 0 Å². The molecule has 0 fully saturated rings. The average Bonchev–Trinajstić information content (AvgIpc) is 2.36. The van der Waals surface area contributed by atoms with E-state index >= 15 is 0 Å². The van der Waals surface area contributed by atoms with Crippen molar-refractivity contribution in [2.24, 2.45) is 0 Å². The predicted octanol–water partition coefficient (Wildman–Crippen LogP) is 4.62. The number of hydrogen-bond donors (Lipinski definition) is 1. The van der Waals surface area contributed by atoms with Crippen LogP contribution in [0.5, 0.6) is 0 Å². The highest BCUT2D eigenvalue weighted by molar-refractivity contribution is 5.89. The Morgan fingerprint density at radius 3 is 2.47 bits per heavy atom. The molecule has 1 rings (SSSR count). The van der Waals surface area contributed by atoms with Crippen molar-refractivity contribution in [3.8, 4) is 0 Å². The van der Waals surface area contributed by atoms with Crippen LogP contribution in [-0.2, 0) is 6.42 Å². The standard InChI is InChI=1S/C17H22O2/c1-13(2)7-6-8-14(3)11-12-15-9-4-5-10-16(15)17(18)19/h4-5,7,9-11H,6,8,12H2,1-3H3,(H,18,19)/b14-11+. The van der Waals surface area contributed by atoms with Crippen molar-refractivity contribution in [1.82, 2.24) is 0 Å². The average molecular weight is 258 g/mol. The Bertz CT molecular complexity index is 492. The number of carbonyl (C=O) groups is 1. The fourth-order valence-corrected chi connectivity index (χ4v) is 1.88. The first-order chi connectivity index (χ1) is 9.00. The molecular formula is C17H22O2. The topological polar surface area (TPSA) is 37.3 Å². The third-order valence-electron chi connectivity index (χ3n) is 3.01. The van der Waals surface area contributed by atoms with Gasteiger partial charge in [-0.1, -0.05) is 41.5 Å². The first-order valence-electron chi connectivity index (χ1n) is 6.61. The molecule has 0 saturated heterocycles. The van der Waals surface area contributed by atoms with Crippen molar-refractivity contribution in [3.63, 3.8) is 0 Å². The molecular weight excluding hydrogens is 236 g/mol. The summed E-state index contributed by atoms with van der Waals surface area (Å²) in [4.78, 5) is 11.1. The van der Waals surface area contributed by atoms with Gasteiger partial charge in [0.2, 0.25) is 0 Å². The molecule has 0 amide bonds. The van der Waals surface area contributed by atoms with Crippen molar-refractivity contribution < 1.29 is 9.90 Å². The Morgan fingerprint density at radius 1 is 1.16 bits per heavy atom.